The van der Waals surface area contributed by atoms with Gasteiger partial charge in [0.1, 0.15) is 17.7 Å². The lowest BCUT2D eigenvalue weighted by Gasteiger charge is -2.41. The van der Waals surface area contributed by atoms with Crippen LogP contribution in [0.2, 0.25) is 0 Å². The Morgan fingerprint density at radius 3 is 3.00 bits per heavy atom. The zero-order valence-corrected chi connectivity index (χ0v) is 11.0. The molecule has 0 saturated carbocycles. The molecule has 1 saturated heterocycles. The number of carbonyl (C=O) groups is 1. The number of aryl methyl sites for hydroxylation is 1. The quantitative estimate of drug-likeness (QED) is 0.869. The van der Waals surface area contributed by atoms with Gasteiger partial charge in [-0.15, -0.1) is 0 Å². The lowest BCUT2D eigenvalue weighted by molar-refractivity contribution is -0.153. The van der Waals surface area contributed by atoms with Crippen LogP contribution in [0.1, 0.15) is 38.9 Å². The lowest BCUT2D eigenvalue weighted by atomic mass is 9.88. The summed E-state index contributed by atoms with van der Waals surface area (Å²) in [4.78, 5) is 17.7. The number of rotatable bonds is 4. The van der Waals surface area contributed by atoms with Crippen LogP contribution in [0.25, 0.3) is 0 Å². The number of hydrogen-bond acceptors (Lipinski definition) is 4. The topological polar surface area (TPSA) is 71.2 Å². The van der Waals surface area contributed by atoms with E-state index < -0.39 is 11.5 Å². The van der Waals surface area contributed by atoms with Gasteiger partial charge in [0.15, 0.2) is 0 Å². The second kappa shape index (κ2) is 5.06. The van der Waals surface area contributed by atoms with Gasteiger partial charge in [-0.1, -0.05) is 0 Å². The lowest BCUT2D eigenvalue weighted by Crippen LogP contribution is -2.54. The normalized spacial score (nSPS) is 25.2. The minimum absolute atomic E-state index is 0.552. The Hall–Kier alpha value is -1.43. The van der Waals surface area contributed by atoms with Crippen molar-refractivity contribution < 1.29 is 9.90 Å². The van der Waals surface area contributed by atoms with Crippen LogP contribution in [-0.4, -0.2) is 42.8 Å². The Labute approximate surface area is 107 Å². The maximum Gasteiger partial charge on any atom is 0.323 e. The van der Waals surface area contributed by atoms with Crippen molar-refractivity contribution in [1.82, 2.24) is 19.7 Å². The fourth-order valence-electron chi connectivity index (χ4n) is 2.52. The molecule has 1 aromatic rings. The van der Waals surface area contributed by atoms with E-state index in [1.807, 2.05) is 16.5 Å². The minimum Gasteiger partial charge on any atom is -0.480 e. The molecule has 18 heavy (non-hydrogen) atoms. The predicted molar refractivity (Wildman–Crippen MR) is 66.0 cm³/mol. The van der Waals surface area contributed by atoms with Crippen LogP contribution in [0.3, 0.4) is 0 Å². The maximum atomic E-state index is 11.5. The molecule has 100 valence electrons. The second-order valence-electron chi connectivity index (χ2n) is 4.95. The zero-order valence-electron chi connectivity index (χ0n) is 11.0. The minimum atomic E-state index is -0.775. The number of aromatic nitrogens is 3. The molecule has 1 atom stereocenters. The SMILES string of the molecule is CCn1ncnc1CN1CCCCC1(C)C(=O)O. The Kier molecular flexibility index (Phi) is 3.65. The number of aliphatic carboxylic acids is 1. The standard InChI is InChI=1S/C12H20N4O2/c1-3-16-10(13-9-14-16)8-15-7-5-4-6-12(15,2)11(17)18/h9H,3-8H2,1-2H3,(H,17,18). The molecule has 2 rings (SSSR count). The van der Waals surface area contributed by atoms with Crippen molar-refractivity contribution in [2.75, 3.05) is 6.54 Å². The summed E-state index contributed by atoms with van der Waals surface area (Å²) in [5.74, 6) is 0.0941. The molecule has 0 aromatic carbocycles. The summed E-state index contributed by atoms with van der Waals surface area (Å²) < 4.78 is 1.82. The van der Waals surface area contributed by atoms with Crippen LogP contribution < -0.4 is 0 Å². The third kappa shape index (κ3) is 2.25. The van der Waals surface area contributed by atoms with Crippen LogP contribution in [0.15, 0.2) is 6.33 Å². The van der Waals surface area contributed by atoms with Crippen molar-refractivity contribution >= 4 is 5.97 Å². The number of likely N-dealkylation sites (tertiary alicyclic amines) is 1. The predicted octanol–water partition coefficient (Wildman–Crippen LogP) is 1.13. The molecule has 1 aromatic heterocycles. The van der Waals surface area contributed by atoms with Gasteiger partial charge in [0.2, 0.25) is 0 Å². The molecular weight excluding hydrogens is 232 g/mol. The number of carboxylic acids is 1. The molecule has 1 unspecified atom stereocenters. The molecule has 1 aliphatic rings. The maximum absolute atomic E-state index is 11.5. The molecule has 1 aliphatic heterocycles. The summed E-state index contributed by atoms with van der Waals surface area (Å²) in [5.41, 5.74) is -0.775. The molecule has 0 radical (unpaired) electrons. The monoisotopic (exact) mass is 252 g/mol. The summed E-state index contributed by atoms with van der Waals surface area (Å²) in [7, 11) is 0. The summed E-state index contributed by atoms with van der Waals surface area (Å²) in [5, 5.41) is 13.6. The fraction of sp³-hybridized carbons (Fsp3) is 0.750. The van der Waals surface area contributed by atoms with E-state index in [9.17, 15) is 9.90 Å². The molecule has 1 N–H and O–H groups in total. The first kappa shape index (κ1) is 13.0. The van der Waals surface area contributed by atoms with E-state index in [1.54, 1.807) is 6.92 Å². The van der Waals surface area contributed by atoms with Crippen LogP contribution in [-0.2, 0) is 17.9 Å². The third-order valence-corrected chi connectivity index (χ3v) is 3.83. The van der Waals surface area contributed by atoms with Gasteiger partial charge >= 0.3 is 5.97 Å². The summed E-state index contributed by atoms with van der Waals surface area (Å²) in [6.07, 6.45) is 4.24. The van der Waals surface area contributed by atoms with Crippen molar-refractivity contribution in [1.29, 1.82) is 0 Å². The summed E-state index contributed by atoms with van der Waals surface area (Å²) in [6, 6.07) is 0. The summed E-state index contributed by atoms with van der Waals surface area (Å²) >= 11 is 0. The van der Waals surface area contributed by atoms with Crippen molar-refractivity contribution in [2.45, 2.75) is 51.7 Å². The van der Waals surface area contributed by atoms with Crippen molar-refractivity contribution in [3.8, 4) is 0 Å². The highest BCUT2D eigenvalue weighted by atomic mass is 16.4. The Balaban J connectivity index is 2.18. The zero-order chi connectivity index (χ0) is 13.2. The number of hydrogen-bond donors (Lipinski definition) is 1. The van der Waals surface area contributed by atoms with Gasteiger partial charge < -0.3 is 5.11 Å². The molecule has 0 bridgehead atoms. The van der Waals surface area contributed by atoms with Gasteiger partial charge in [-0.25, -0.2) is 9.67 Å². The third-order valence-electron chi connectivity index (χ3n) is 3.83. The molecule has 1 fully saturated rings. The van der Waals surface area contributed by atoms with Gasteiger partial charge in [0.05, 0.1) is 6.54 Å². The Morgan fingerprint density at radius 1 is 1.56 bits per heavy atom. The molecule has 2 heterocycles. The average molecular weight is 252 g/mol. The van der Waals surface area contributed by atoms with E-state index >= 15 is 0 Å². The Bertz CT molecular complexity index is 431. The van der Waals surface area contributed by atoms with Crippen molar-refractivity contribution in [3.63, 3.8) is 0 Å². The van der Waals surface area contributed by atoms with Crippen LogP contribution in [0.5, 0.6) is 0 Å². The highest BCUT2D eigenvalue weighted by Gasteiger charge is 2.41. The van der Waals surface area contributed by atoms with Gasteiger partial charge in [-0.3, -0.25) is 9.69 Å². The van der Waals surface area contributed by atoms with Crippen molar-refractivity contribution in [3.05, 3.63) is 12.2 Å². The first-order valence-corrected chi connectivity index (χ1v) is 6.43. The molecule has 0 amide bonds. The molecule has 6 nitrogen and oxygen atoms in total. The first-order chi connectivity index (χ1) is 8.58. The van der Waals surface area contributed by atoms with Gasteiger partial charge in [0.25, 0.3) is 0 Å². The van der Waals surface area contributed by atoms with E-state index in [0.29, 0.717) is 13.0 Å². The van der Waals surface area contributed by atoms with Gasteiger partial charge in [-0.05, 0) is 39.7 Å². The van der Waals surface area contributed by atoms with E-state index in [4.69, 9.17) is 0 Å². The van der Waals surface area contributed by atoms with Crippen LogP contribution >= 0.6 is 0 Å². The smallest absolute Gasteiger partial charge is 0.323 e. The van der Waals surface area contributed by atoms with Gasteiger partial charge in [0, 0.05) is 6.54 Å². The largest absolute Gasteiger partial charge is 0.480 e. The highest BCUT2D eigenvalue weighted by Crippen LogP contribution is 2.29. The van der Waals surface area contributed by atoms with E-state index in [2.05, 4.69) is 10.1 Å². The Morgan fingerprint density at radius 2 is 2.33 bits per heavy atom. The molecule has 0 spiro atoms. The molecule has 0 aliphatic carbocycles. The van der Waals surface area contributed by atoms with E-state index in [0.717, 1.165) is 31.8 Å². The first-order valence-electron chi connectivity index (χ1n) is 6.43. The summed E-state index contributed by atoms with van der Waals surface area (Å²) in [6.45, 7) is 5.93. The molecular formula is C12H20N4O2. The molecule has 6 heteroatoms. The number of carboxylic acid groups (broad SMARTS) is 1. The van der Waals surface area contributed by atoms with Crippen LogP contribution in [0, 0.1) is 0 Å². The second-order valence-corrected chi connectivity index (χ2v) is 4.95. The average Bonchev–Trinajstić information content (AvgIpc) is 2.79. The van der Waals surface area contributed by atoms with E-state index in [-0.39, 0.29) is 0 Å². The van der Waals surface area contributed by atoms with E-state index in [1.165, 1.54) is 6.33 Å². The van der Waals surface area contributed by atoms with Crippen LogP contribution in [0.4, 0.5) is 0 Å². The number of nitrogens with zero attached hydrogens (tertiary/aromatic N) is 4. The fourth-order valence-corrected chi connectivity index (χ4v) is 2.52. The van der Waals surface area contributed by atoms with Crippen molar-refractivity contribution in [2.24, 2.45) is 0 Å². The number of piperidine rings is 1. The van der Waals surface area contributed by atoms with Gasteiger partial charge in [-0.2, -0.15) is 5.10 Å². The highest BCUT2D eigenvalue weighted by molar-refractivity contribution is 5.78.